The van der Waals surface area contributed by atoms with Crippen LogP contribution < -0.4 is 10.4 Å². The summed E-state index contributed by atoms with van der Waals surface area (Å²) in [6.07, 6.45) is 0. The van der Waals surface area contributed by atoms with Gasteiger partial charge in [-0.2, -0.15) is 5.06 Å². The first-order valence-corrected chi connectivity index (χ1v) is 4.57. The van der Waals surface area contributed by atoms with Gasteiger partial charge in [-0.15, -0.1) is 0 Å². The molecule has 1 aliphatic rings. The predicted octanol–water partition coefficient (Wildman–Crippen LogP) is 1.33. The lowest BCUT2D eigenvalue weighted by Crippen LogP contribution is -2.50. The van der Waals surface area contributed by atoms with E-state index < -0.39 is 11.9 Å². The van der Waals surface area contributed by atoms with Crippen LogP contribution in [0.1, 0.15) is 0 Å². The quantitative estimate of drug-likeness (QED) is 0.786. The largest absolute Gasteiger partial charge is 0.352 e. The monoisotopic (exact) mass is 226 g/mol. The highest BCUT2D eigenvalue weighted by molar-refractivity contribution is 6.30. The molecule has 2 rings (SSSR count). The molecule has 15 heavy (non-hydrogen) atoms. The normalized spacial score (nSPS) is 16.5. The highest BCUT2D eigenvalue weighted by Gasteiger charge is 2.25. The van der Waals surface area contributed by atoms with Gasteiger partial charge < -0.3 is 0 Å². The molecule has 1 aromatic rings. The molecule has 0 unspecified atom stereocenters. The van der Waals surface area contributed by atoms with Gasteiger partial charge in [0.1, 0.15) is 0 Å². The van der Waals surface area contributed by atoms with Crippen molar-refractivity contribution in [1.82, 2.24) is 5.32 Å². The lowest BCUT2D eigenvalue weighted by molar-refractivity contribution is -0.126. The number of nitrogens with one attached hydrogen (secondary N) is 1. The molecule has 0 atom stereocenters. The molecule has 0 spiro atoms. The fourth-order valence-corrected chi connectivity index (χ4v) is 1.28. The van der Waals surface area contributed by atoms with Gasteiger partial charge in [0.2, 0.25) is 0 Å². The zero-order valence-corrected chi connectivity index (χ0v) is 8.32. The summed E-state index contributed by atoms with van der Waals surface area (Å²) in [5, 5.41) is 3.71. The molecule has 0 aliphatic carbocycles. The third kappa shape index (κ3) is 2.08. The molecule has 1 N–H and O–H groups in total. The van der Waals surface area contributed by atoms with Crippen LogP contribution in [0.4, 0.5) is 10.5 Å². The molecule has 5 nitrogen and oxygen atoms in total. The Bertz CT molecular complexity index is 404. The Kier molecular flexibility index (Phi) is 2.57. The Hall–Kier alpha value is -1.59. The summed E-state index contributed by atoms with van der Waals surface area (Å²) in [4.78, 5) is 27.1. The number of nitrogens with zero attached hydrogens (tertiary/aromatic N) is 1. The summed E-state index contributed by atoms with van der Waals surface area (Å²) in [7, 11) is 0. The molecule has 0 saturated carbocycles. The topological polar surface area (TPSA) is 58.6 Å². The standard InChI is InChI=1S/C9H7ClN2O3/c10-6-1-3-7(4-2-6)12-9(14)11-8(13)5-15-12/h1-4H,5H2,(H,11,13,14). The third-order valence-electron chi connectivity index (χ3n) is 1.82. The fourth-order valence-electron chi connectivity index (χ4n) is 1.16. The molecule has 3 amide bonds. The average molecular weight is 227 g/mol. The predicted molar refractivity (Wildman–Crippen MR) is 53.4 cm³/mol. The molecule has 1 aliphatic heterocycles. The van der Waals surface area contributed by atoms with Gasteiger partial charge in [-0.1, -0.05) is 11.6 Å². The molecule has 1 saturated heterocycles. The summed E-state index contributed by atoms with van der Waals surface area (Å²) in [6.45, 7) is -0.172. The molecule has 6 heteroatoms. The van der Waals surface area contributed by atoms with Crippen LogP contribution in [0.15, 0.2) is 24.3 Å². The third-order valence-corrected chi connectivity index (χ3v) is 2.07. The smallest absolute Gasteiger partial charge is 0.274 e. The van der Waals surface area contributed by atoms with Gasteiger partial charge in [-0.3, -0.25) is 14.9 Å². The minimum atomic E-state index is -0.603. The summed E-state index contributed by atoms with van der Waals surface area (Å²) in [6, 6.07) is 5.90. The number of carbonyl (C=O) groups is 2. The van der Waals surface area contributed by atoms with E-state index in [0.29, 0.717) is 10.7 Å². The number of hydroxylamine groups is 1. The number of hydrogen-bond donors (Lipinski definition) is 1. The van der Waals surface area contributed by atoms with Gasteiger partial charge >= 0.3 is 6.03 Å². The first-order chi connectivity index (χ1) is 7.16. The Morgan fingerprint density at radius 3 is 2.53 bits per heavy atom. The number of imide groups is 1. The highest BCUT2D eigenvalue weighted by Crippen LogP contribution is 2.19. The summed E-state index contributed by atoms with van der Waals surface area (Å²) >= 11 is 5.70. The molecular weight excluding hydrogens is 220 g/mol. The van der Waals surface area contributed by atoms with Crippen molar-refractivity contribution in [1.29, 1.82) is 0 Å². The molecule has 1 fully saturated rings. The zero-order valence-electron chi connectivity index (χ0n) is 7.57. The summed E-state index contributed by atoms with van der Waals surface area (Å²) < 4.78 is 0. The maximum absolute atomic E-state index is 11.3. The molecule has 78 valence electrons. The van der Waals surface area contributed by atoms with E-state index in [-0.39, 0.29) is 6.61 Å². The summed E-state index contributed by atoms with van der Waals surface area (Å²) in [5.74, 6) is -0.454. The second kappa shape index (κ2) is 3.88. The van der Waals surface area contributed by atoms with Crippen molar-refractivity contribution in [3.05, 3.63) is 29.3 Å². The van der Waals surface area contributed by atoms with Crippen molar-refractivity contribution < 1.29 is 14.4 Å². The molecular formula is C9H7ClN2O3. The van der Waals surface area contributed by atoms with Crippen LogP contribution >= 0.6 is 11.6 Å². The van der Waals surface area contributed by atoms with Crippen molar-refractivity contribution in [3.63, 3.8) is 0 Å². The Balaban J connectivity index is 2.20. The zero-order chi connectivity index (χ0) is 10.8. The number of halogens is 1. The van der Waals surface area contributed by atoms with E-state index in [2.05, 4.69) is 5.32 Å². The molecule has 0 radical (unpaired) electrons. The number of urea groups is 1. The maximum atomic E-state index is 11.3. The number of amides is 3. The SMILES string of the molecule is O=C1CON(c2ccc(Cl)cc2)C(=O)N1. The van der Waals surface area contributed by atoms with Crippen LogP contribution in [0.2, 0.25) is 5.02 Å². The van der Waals surface area contributed by atoms with Gasteiger partial charge in [-0.05, 0) is 24.3 Å². The Labute approximate surface area is 90.5 Å². The highest BCUT2D eigenvalue weighted by atomic mass is 35.5. The van der Waals surface area contributed by atoms with Gasteiger partial charge in [-0.25, -0.2) is 4.79 Å². The van der Waals surface area contributed by atoms with E-state index in [1.165, 1.54) is 0 Å². The van der Waals surface area contributed by atoms with Crippen molar-refractivity contribution in [2.45, 2.75) is 0 Å². The number of carbonyl (C=O) groups excluding carboxylic acids is 2. The molecule has 1 heterocycles. The number of hydrogen-bond acceptors (Lipinski definition) is 3. The van der Waals surface area contributed by atoms with E-state index in [4.69, 9.17) is 16.4 Å². The van der Waals surface area contributed by atoms with Crippen LogP contribution in [0, 0.1) is 0 Å². The van der Waals surface area contributed by atoms with Crippen LogP contribution in [0.5, 0.6) is 0 Å². The first-order valence-electron chi connectivity index (χ1n) is 4.19. The number of anilines is 1. The van der Waals surface area contributed by atoms with Crippen molar-refractivity contribution in [2.75, 3.05) is 11.7 Å². The Morgan fingerprint density at radius 1 is 1.27 bits per heavy atom. The summed E-state index contributed by atoms with van der Waals surface area (Å²) in [5.41, 5.74) is 0.518. The van der Waals surface area contributed by atoms with Crippen molar-refractivity contribution in [2.24, 2.45) is 0 Å². The van der Waals surface area contributed by atoms with E-state index in [9.17, 15) is 9.59 Å². The lowest BCUT2D eigenvalue weighted by atomic mass is 10.3. The first kappa shape index (κ1) is 9.95. The van der Waals surface area contributed by atoms with Gasteiger partial charge in [0, 0.05) is 5.02 Å². The van der Waals surface area contributed by atoms with E-state index in [1.807, 2.05) is 0 Å². The number of rotatable bonds is 1. The van der Waals surface area contributed by atoms with Crippen LogP contribution in [-0.2, 0) is 9.63 Å². The van der Waals surface area contributed by atoms with Crippen molar-refractivity contribution in [3.8, 4) is 0 Å². The molecule has 0 bridgehead atoms. The number of benzene rings is 1. The van der Waals surface area contributed by atoms with Crippen LogP contribution in [-0.4, -0.2) is 18.5 Å². The fraction of sp³-hybridized carbons (Fsp3) is 0.111. The van der Waals surface area contributed by atoms with E-state index >= 15 is 0 Å². The second-order valence-corrected chi connectivity index (χ2v) is 3.33. The average Bonchev–Trinajstić information content (AvgIpc) is 2.20. The van der Waals surface area contributed by atoms with Crippen LogP contribution in [0.3, 0.4) is 0 Å². The molecule has 0 aromatic heterocycles. The maximum Gasteiger partial charge on any atom is 0.352 e. The van der Waals surface area contributed by atoms with Gasteiger partial charge in [0.25, 0.3) is 5.91 Å². The molecule has 1 aromatic carbocycles. The minimum Gasteiger partial charge on any atom is -0.274 e. The van der Waals surface area contributed by atoms with Crippen LogP contribution in [0.25, 0.3) is 0 Å². The van der Waals surface area contributed by atoms with Gasteiger partial charge in [0.15, 0.2) is 6.61 Å². The van der Waals surface area contributed by atoms with Gasteiger partial charge in [0.05, 0.1) is 5.69 Å². The van der Waals surface area contributed by atoms with E-state index in [0.717, 1.165) is 5.06 Å². The Morgan fingerprint density at radius 2 is 1.93 bits per heavy atom. The minimum absolute atomic E-state index is 0.172. The van der Waals surface area contributed by atoms with E-state index in [1.54, 1.807) is 24.3 Å². The van der Waals surface area contributed by atoms with Crippen molar-refractivity contribution >= 4 is 29.2 Å². The second-order valence-electron chi connectivity index (χ2n) is 2.90. The lowest BCUT2D eigenvalue weighted by Gasteiger charge is -2.25.